The van der Waals surface area contributed by atoms with E-state index in [0.29, 0.717) is 8.83 Å². The molecule has 0 bridgehead atoms. The highest BCUT2D eigenvalue weighted by atomic mass is 32.1. The minimum Gasteiger partial charge on any atom is -0.493 e. The molecule has 2 rings (SSSR count). The Morgan fingerprint density at radius 2 is 2.36 bits per heavy atom. The van der Waals surface area contributed by atoms with E-state index < -0.39 is 0 Å². The molecule has 0 spiro atoms. The number of thiophene rings is 1. The van der Waals surface area contributed by atoms with Crippen molar-refractivity contribution in [3.63, 3.8) is 0 Å². The zero-order chi connectivity index (χ0) is 10.1. The average molecular weight is 243 g/mol. The molecule has 0 radical (unpaired) electrons. The van der Waals surface area contributed by atoms with E-state index in [1.807, 2.05) is 5.38 Å². The van der Waals surface area contributed by atoms with Gasteiger partial charge in [0.1, 0.15) is 4.88 Å². The summed E-state index contributed by atoms with van der Waals surface area (Å²) in [4.78, 5) is 15.1. The molecule has 0 unspecified atom stereocenters. The lowest BCUT2D eigenvalue weighted by molar-refractivity contribution is 0.104. The molecule has 2 aromatic heterocycles. The van der Waals surface area contributed by atoms with Crippen LogP contribution in [0.1, 0.15) is 14.5 Å². The topological polar surface area (TPSA) is 53.1 Å². The van der Waals surface area contributed by atoms with E-state index in [2.05, 4.69) is 4.98 Å². The Balaban J connectivity index is 2.46. The Bertz CT molecular complexity index is 509. The van der Waals surface area contributed by atoms with Crippen LogP contribution >= 0.6 is 34.9 Å². The fourth-order valence-electron chi connectivity index (χ4n) is 0.994. The fraction of sp³-hybridized carbons (Fsp3) is 0. The molecule has 0 aliphatic rings. The smallest absolute Gasteiger partial charge is 0.218 e. The molecule has 0 saturated heterocycles. The molecule has 72 valence electrons. The van der Waals surface area contributed by atoms with Gasteiger partial charge in [0, 0.05) is 0 Å². The Kier molecular flexibility index (Phi) is 2.49. The molecule has 6 heteroatoms. The number of ketones is 1. The molecular weight excluding hydrogens is 238 g/mol. The molecular formula is C8H5NO2S3. The summed E-state index contributed by atoms with van der Waals surface area (Å²) in [6.07, 6.45) is 0. The van der Waals surface area contributed by atoms with E-state index in [9.17, 15) is 9.90 Å². The van der Waals surface area contributed by atoms with E-state index in [-0.39, 0.29) is 16.5 Å². The highest BCUT2D eigenvalue weighted by Crippen LogP contribution is 2.26. The second-order valence-electron chi connectivity index (χ2n) is 2.50. The lowest BCUT2D eigenvalue weighted by atomic mass is 10.3. The molecule has 2 aromatic rings. The number of carbonyl (C=O) groups excluding carboxylic acids is 1. The van der Waals surface area contributed by atoms with Gasteiger partial charge in [0.2, 0.25) is 11.7 Å². The van der Waals surface area contributed by atoms with E-state index in [1.54, 1.807) is 12.1 Å². The molecule has 0 saturated carbocycles. The third-order valence-electron chi connectivity index (χ3n) is 1.58. The number of rotatable bonds is 2. The maximum Gasteiger partial charge on any atom is 0.218 e. The number of thiazole rings is 1. The van der Waals surface area contributed by atoms with Gasteiger partial charge in [-0.25, -0.2) is 0 Å². The number of aromatic amines is 1. The number of aromatic hydroxyl groups is 1. The van der Waals surface area contributed by atoms with Crippen LogP contribution in [0.15, 0.2) is 17.5 Å². The third kappa shape index (κ3) is 1.63. The van der Waals surface area contributed by atoms with E-state index in [4.69, 9.17) is 12.2 Å². The van der Waals surface area contributed by atoms with Gasteiger partial charge in [0.25, 0.3) is 0 Å². The molecule has 3 nitrogen and oxygen atoms in total. The molecule has 2 heterocycles. The van der Waals surface area contributed by atoms with Gasteiger partial charge in [-0.2, -0.15) is 0 Å². The number of hydrogen-bond acceptors (Lipinski definition) is 5. The van der Waals surface area contributed by atoms with Crippen LogP contribution in [-0.2, 0) is 0 Å². The molecule has 2 N–H and O–H groups in total. The minimum atomic E-state index is -0.185. The van der Waals surface area contributed by atoms with Crippen LogP contribution in [0.25, 0.3) is 0 Å². The quantitative estimate of drug-likeness (QED) is 0.630. The number of hydrogen-bond donors (Lipinski definition) is 2. The first kappa shape index (κ1) is 9.57. The predicted octanol–water partition coefficient (Wildman–Crippen LogP) is 2.80. The monoisotopic (exact) mass is 243 g/mol. The molecule has 0 aromatic carbocycles. The molecule has 0 aliphatic carbocycles. The van der Waals surface area contributed by atoms with Crippen molar-refractivity contribution in [2.75, 3.05) is 0 Å². The SMILES string of the molecule is O=C(c1cccs1)c1sc(=S)[nH]c1O. The van der Waals surface area contributed by atoms with Crippen molar-refractivity contribution in [1.29, 1.82) is 0 Å². The van der Waals surface area contributed by atoms with Gasteiger partial charge >= 0.3 is 0 Å². The summed E-state index contributed by atoms with van der Waals surface area (Å²) in [5, 5.41) is 11.2. The average Bonchev–Trinajstić information content (AvgIpc) is 2.73. The molecule has 0 amide bonds. The van der Waals surface area contributed by atoms with Crippen LogP contribution in [0, 0.1) is 3.95 Å². The third-order valence-corrected chi connectivity index (χ3v) is 3.67. The lowest BCUT2D eigenvalue weighted by Crippen LogP contribution is -1.94. The summed E-state index contributed by atoms with van der Waals surface area (Å²) in [5.74, 6) is -0.326. The summed E-state index contributed by atoms with van der Waals surface area (Å²) in [6.45, 7) is 0. The summed E-state index contributed by atoms with van der Waals surface area (Å²) in [5.41, 5.74) is 0. The maximum absolute atomic E-state index is 11.7. The Labute approximate surface area is 92.7 Å². The first-order chi connectivity index (χ1) is 6.68. The second-order valence-corrected chi connectivity index (χ2v) is 5.13. The van der Waals surface area contributed by atoms with E-state index in [1.165, 1.54) is 11.3 Å². The van der Waals surface area contributed by atoms with Gasteiger partial charge in [-0.15, -0.1) is 11.3 Å². The van der Waals surface area contributed by atoms with Crippen LogP contribution in [-0.4, -0.2) is 15.9 Å². The molecule has 0 aliphatic heterocycles. The summed E-state index contributed by atoms with van der Waals surface area (Å²) in [7, 11) is 0. The zero-order valence-electron chi connectivity index (χ0n) is 6.81. The minimum absolute atomic E-state index is 0.140. The summed E-state index contributed by atoms with van der Waals surface area (Å²) < 4.78 is 0.405. The first-order valence-corrected chi connectivity index (χ1v) is 5.79. The number of H-pyrrole nitrogens is 1. The summed E-state index contributed by atoms with van der Waals surface area (Å²) in [6, 6.07) is 3.51. The van der Waals surface area contributed by atoms with Gasteiger partial charge in [0.05, 0.1) is 4.88 Å². The molecule has 14 heavy (non-hydrogen) atoms. The lowest BCUT2D eigenvalue weighted by Gasteiger charge is -1.92. The Hall–Kier alpha value is -0.980. The Morgan fingerprint density at radius 1 is 1.57 bits per heavy atom. The normalized spacial score (nSPS) is 10.3. The van der Waals surface area contributed by atoms with Gasteiger partial charge in [-0.05, 0) is 23.7 Å². The van der Waals surface area contributed by atoms with Crippen LogP contribution in [0.2, 0.25) is 0 Å². The highest BCUT2D eigenvalue weighted by Gasteiger charge is 2.16. The highest BCUT2D eigenvalue weighted by molar-refractivity contribution is 7.73. The van der Waals surface area contributed by atoms with Crippen LogP contribution < -0.4 is 0 Å². The number of carbonyl (C=O) groups is 1. The standard InChI is InChI=1S/C8H5NO2S3/c10-5(4-2-1-3-13-4)6-7(11)9-8(12)14-6/h1-3,11H,(H,9,12). The van der Waals surface area contributed by atoms with Crippen LogP contribution in [0.5, 0.6) is 5.88 Å². The van der Waals surface area contributed by atoms with Crippen LogP contribution in [0.4, 0.5) is 0 Å². The van der Waals surface area contributed by atoms with Crippen molar-refractivity contribution in [3.8, 4) is 5.88 Å². The summed E-state index contributed by atoms with van der Waals surface area (Å²) >= 11 is 7.25. The maximum atomic E-state index is 11.7. The van der Waals surface area contributed by atoms with Crippen molar-refractivity contribution in [1.82, 2.24) is 4.98 Å². The van der Waals surface area contributed by atoms with Crippen molar-refractivity contribution < 1.29 is 9.90 Å². The van der Waals surface area contributed by atoms with Gasteiger partial charge in [0.15, 0.2) is 3.95 Å². The largest absolute Gasteiger partial charge is 0.493 e. The fourth-order valence-corrected chi connectivity index (χ4v) is 2.76. The van der Waals surface area contributed by atoms with Crippen molar-refractivity contribution in [2.24, 2.45) is 0 Å². The number of aromatic nitrogens is 1. The zero-order valence-corrected chi connectivity index (χ0v) is 9.26. The first-order valence-electron chi connectivity index (χ1n) is 3.69. The second kappa shape index (κ2) is 3.64. The predicted molar refractivity (Wildman–Crippen MR) is 58.9 cm³/mol. The van der Waals surface area contributed by atoms with Crippen molar-refractivity contribution in [2.45, 2.75) is 0 Å². The van der Waals surface area contributed by atoms with Crippen molar-refractivity contribution in [3.05, 3.63) is 31.2 Å². The van der Waals surface area contributed by atoms with Gasteiger partial charge in [-0.1, -0.05) is 17.4 Å². The molecule has 0 atom stereocenters. The molecule has 0 fully saturated rings. The van der Waals surface area contributed by atoms with Gasteiger partial charge in [-0.3, -0.25) is 4.79 Å². The Morgan fingerprint density at radius 3 is 2.86 bits per heavy atom. The van der Waals surface area contributed by atoms with E-state index in [0.717, 1.165) is 11.3 Å². The van der Waals surface area contributed by atoms with E-state index >= 15 is 0 Å². The van der Waals surface area contributed by atoms with Crippen LogP contribution in [0.3, 0.4) is 0 Å². The van der Waals surface area contributed by atoms with Crippen molar-refractivity contribution >= 4 is 40.7 Å². The number of nitrogens with one attached hydrogen (secondary N) is 1. The van der Waals surface area contributed by atoms with Gasteiger partial charge < -0.3 is 10.1 Å².